The van der Waals surface area contributed by atoms with Crippen LogP contribution in [-0.2, 0) is 17.8 Å². The van der Waals surface area contributed by atoms with Crippen molar-refractivity contribution in [3.8, 4) is 6.07 Å². The zero-order valence-corrected chi connectivity index (χ0v) is 12.5. The fourth-order valence-electron chi connectivity index (χ4n) is 2.56. The molecular weight excluding hydrogens is 264 g/mol. The first-order valence-electron chi connectivity index (χ1n) is 7.13. The minimum atomic E-state index is -0.816. The van der Waals surface area contributed by atoms with Crippen LogP contribution in [0.5, 0.6) is 0 Å². The van der Waals surface area contributed by atoms with Crippen molar-refractivity contribution in [2.75, 3.05) is 0 Å². The van der Waals surface area contributed by atoms with Gasteiger partial charge in [0.05, 0.1) is 17.9 Å². The molecule has 0 aliphatic heterocycles. The lowest BCUT2D eigenvalue weighted by atomic mass is 9.90. The van der Waals surface area contributed by atoms with Crippen molar-refractivity contribution in [3.05, 3.63) is 36.0 Å². The molecule has 0 atom stereocenters. The van der Waals surface area contributed by atoms with Crippen LogP contribution >= 0.6 is 0 Å². The summed E-state index contributed by atoms with van der Waals surface area (Å²) >= 11 is 0. The van der Waals surface area contributed by atoms with E-state index in [1.54, 1.807) is 0 Å². The predicted octanol–water partition coefficient (Wildman–Crippen LogP) is 3.60. The van der Waals surface area contributed by atoms with Crippen LogP contribution in [-0.4, -0.2) is 15.6 Å². The van der Waals surface area contributed by atoms with Gasteiger partial charge in [-0.3, -0.25) is 4.79 Å². The van der Waals surface area contributed by atoms with E-state index in [0.29, 0.717) is 0 Å². The lowest BCUT2D eigenvalue weighted by Crippen LogP contribution is -2.09. The molecule has 1 aromatic heterocycles. The van der Waals surface area contributed by atoms with Gasteiger partial charge in [0.1, 0.15) is 0 Å². The summed E-state index contributed by atoms with van der Waals surface area (Å²) in [7, 11) is 0. The third-order valence-corrected chi connectivity index (χ3v) is 3.72. The zero-order valence-electron chi connectivity index (χ0n) is 12.5. The van der Waals surface area contributed by atoms with E-state index in [2.05, 4.69) is 10.6 Å². The van der Waals surface area contributed by atoms with Gasteiger partial charge >= 0.3 is 5.97 Å². The second-order valence-electron chi connectivity index (χ2n) is 6.03. The van der Waals surface area contributed by atoms with E-state index in [1.807, 2.05) is 44.3 Å². The fourth-order valence-corrected chi connectivity index (χ4v) is 2.56. The van der Waals surface area contributed by atoms with Crippen molar-refractivity contribution in [1.82, 2.24) is 4.57 Å². The summed E-state index contributed by atoms with van der Waals surface area (Å²) in [6, 6.07) is 10.2. The van der Waals surface area contributed by atoms with E-state index in [0.717, 1.165) is 35.9 Å². The molecule has 21 heavy (non-hydrogen) atoms. The van der Waals surface area contributed by atoms with Gasteiger partial charge in [0.2, 0.25) is 0 Å². The molecule has 0 saturated carbocycles. The fraction of sp³-hybridized carbons (Fsp3) is 0.412. The van der Waals surface area contributed by atoms with E-state index in [4.69, 9.17) is 10.4 Å². The molecular formula is C17H20N2O2. The summed E-state index contributed by atoms with van der Waals surface area (Å²) in [6.07, 6.45) is 3.69. The first-order valence-corrected chi connectivity index (χ1v) is 7.13. The molecule has 4 nitrogen and oxygen atoms in total. The van der Waals surface area contributed by atoms with Gasteiger partial charge in [-0.15, -0.1) is 0 Å². The van der Waals surface area contributed by atoms with Crippen molar-refractivity contribution in [1.29, 1.82) is 5.26 Å². The molecule has 0 amide bonds. The first-order chi connectivity index (χ1) is 9.93. The number of hydrogen-bond donors (Lipinski definition) is 1. The Morgan fingerprint density at radius 3 is 2.76 bits per heavy atom. The van der Waals surface area contributed by atoms with Crippen LogP contribution in [0.15, 0.2) is 30.5 Å². The van der Waals surface area contributed by atoms with Gasteiger partial charge in [-0.05, 0) is 38.3 Å². The normalized spacial score (nSPS) is 11.5. The molecule has 2 rings (SSSR count). The Morgan fingerprint density at radius 2 is 2.10 bits per heavy atom. The predicted molar refractivity (Wildman–Crippen MR) is 81.9 cm³/mol. The van der Waals surface area contributed by atoms with Crippen LogP contribution in [0.4, 0.5) is 0 Å². The summed E-state index contributed by atoms with van der Waals surface area (Å²) in [5, 5.41) is 19.0. The Labute approximate surface area is 124 Å². The van der Waals surface area contributed by atoms with Crippen LogP contribution < -0.4 is 0 Å². The number of aryl methyl sites for hydroxylation is 1. The Morgan fingerprint density at radius 1 is 1.38 bits per heavy atom. The number of carbonyl (C=O) groups is 1. The van der Waals surface area contributed by atoms with Crippen LogP contribution in [0.1, 0.15) is 32.3 Å². The second kappa shape index (κ2) is 6.01. The van der Waals surface area contributed by atoms with Crippen LogP contribution in [0.2, 0.25) is 0 Å². The molecule has 0 aliphatic rings. The molecule has 110 valence electrons. The van der Waals surface area contributed by atoms with Gasteiger partial charge in [-0.2, -0.15) is 5.26 Å². The van der Waals surface area contributed by atoms with Gasteiger partial charge < -0.3 is 9.67 Å². The maximum absolute atomic E-state index is 11.0. The number of aliphatic carboxylic acids is 1. The number of carboxylic acid groups (broad SMARTS) is 1. The average Bonchev–Trinajstić information content (AvgIpc) is 2.77. The minimum Gasteiger partial charge on any atom is -0.481 e. The lowest BCUT2D eigenvalue weighted by Gasteiger charge is -2.15. The number of carboxylic acids is 1. The first kappa shape index (κ1) is 15.1. The zero-order chi connectivity index (χ0) is 15.5. The van der Waals surface area contributed by atoms with E-state index in [1.165, 1.54) is 0 Å². The van der Waals surface area contributed by atoms with Crippen molar-refractivity contribution < 1.29 is 9.90 Å². The number of para-hydroxylation sites is 1. The molecule has 0 aliphatic carbocycles. The molecule has 0 fully saturated rings. The van der Waals surface area contributed by atoms with Crippen LogP contribution in [0.3, 0.4) is 0 Å². The van der Waals surface area contributed by atoms with E-state index < -0.39 is 5.97 Å². The highest BCUT2D eigenvalue weighted by Crippen LogP contribution is 2.25. The van der Waals surface area contributed by atoms with Crippen molar-refractivity contribution in [2.24, 2.45) is 5.41 Å². The highest BCUT2D eigenvalue weighted by Gasteiger charge is 2.16. The molecule has 1 N–H and O–H groups in total. The lowest BCUT2D eigenvalue weighted by molar-refractivity contribution is -0.136. The molecule has 0 radical (unpaired) electrons. The standard InChI is InChI=1S/C17H20N2O2/c1-17(2,12-18)8-5-9-19-11-13(10-16(20)21)14-6-3-4-7-15(14)19/h3-4,6-7,11H,5,8-10H2,1-2H3,(H,20,21). The molecule has 1 heterocycles. The van der Waals surface area contributed by atoms with Gasteiger partial charge in [0.25, 0.3) is 0 Å². The monoisotopic (exact) mass is 284 g/mol. The maximum Gasteiger partial charge on any atom is 0.307 e. The number of rotatable bonds is 6. The van der Waals surface area contributed by atoms with Gasteiger partial charge in [-0.1, -0.05) is 18.2 Å². The van der Waals surface area contributed by atoms with Crippen molar-refractivity contribution in [2.45, 2.75) is 39.7 Å². The number of fused-ring (bicyclic) bond motifs is 1. The van der Waals surface area contributed by atoms with Gasteiger partial charge in [0.15, 0.2) is 0 Å². The highest BCUT2D eigenvalue weighted by molar-refractivity contribution is 5.87. The number of hydrogen-bond acceptors (Lipinski definition) is 2. The quantitative estimate of drug-likeness (QED) is 0.881. The van der Waals surface area contributed by atoms with Crippen LogP contribution in [0.25, 0.3) is 10.9 Å². The summed E-state index contributed by atoms with van der Waals surface area (Å²) in [5.41, 5.74) is 1.59. The van der Waals surface area contributed by atoms with Gasteiger partial charge in [0, 0.05) is 23.6 Å². The highest BCUT2D eigenvalue weighted by atomic mass is 16.4. The molecule has 4 heteroatoms. The Hall–Kier alpha value is -2.28. The Balaban J connectivity index is 2.20. The Kier molecular flexibility index (Phi) is 4.32. The molecule has 0 spiro atoms. The van der Waals surface area contributed by atoms with E-state index >= 15 is 0 Å². The maximum atomic E-state index is 11.0. The largest absolute Gasteiger partial charge is 0.481 e. The Bertz CT molecular complexity index is 692. The molecule has 1 aromatic carbocycles. The number of benzene rings is 1. The third kappa shape index (κ3) is 3.63. The third-order valence-electron chi connectivity index (χ3n) is 3.72. The van der Waals surface area contributed by atoms with Crippen molar-refractivity contribution in [3.63, 3.8) is 0 Å². The molecule has 0 unspecified atom stereocenters. The van der Waals surface area contributed by atoms with E-state index in [-0.39, 0.29) is 11.8 Å². The minimum absolute atomic E-state index is 0.0389. The van der Waals surface area contributed by atoms with Crippen molar-refractivity contribution >= 4 is 16.9 Å². The van der Waals surface area contributed by atoms with Gasteiger partial charge in [-0.25, -0.2) is 0 Å². The molecule has 0 saturated heterocycles. The summed E-state index contributed by atoms with van der Waals surface area (Å²) < 4.78 is 2.10. The summed E-state index contributed by atoms with van der Waals surface area (Å²) in [4.78, 5) is 11.0. The summed E-state index contributed by atoms with van der Waals surface area (Å²) in [6.45, 7) is 4.68. The van der Waals surface area contributed by atoms with Crippen LogP contribution in [0, 0.1) is 16.7 Å². The number of aromatic nitrogens is 1. The molecule has 0 bridgehead atoms. The topological polar surface area (TPSA) is 66.0 Å². The number of nitrogens with zero attached hydrogens (tertiary/aromatic N) is 2. The SMILES string of the molecule is CC(C)(C#N)CCCn1cc(CC(=O)O)c2ccccc21. The molecule has 2 aromatic rings. The second-order valence-corrected chi connectivity index (χ2v) is 6.03. The van der Waals surface area contributed by atoms with E-state index in [9.17, 15) is 4.79 Å². The smallest absolute Gasteiger partial charge is 0.307 e. The summed E-state index contributed by atoms with van der Waals surface area (Å²) in [5.74, 6) is -0.816. The average molecular weight is 284 g/mol. The number of nitriles is 1.